The number of fused-ring (bicyclic) bond motifs is 3. The van der Waals surface area contributed by atoms with Gasteiger partial charge in [0, 0.05) is 5.56 Å². The third-order valence-corrected chi connectivity index (χ3v) is 3.30. The Hall–Kier alpha value is -1.80. The smallest absolute Gasteiger partial charge is 0.186 e. The molecule has 2 nitrogen and oxygen atoms in total. The van der Waals surface area contributed by atoms with E-state index in [1.807, 2.05) is 12.1 Å². The van der Waals surface area contributed by atoms with E-state index in [1.54, 1.807) is 0 Å². The van der Waals surface area contributed by atoms with Crippen LogP contribution in [0.25, 0.3) is 11.1 Å². The first-order valence-electron chi connectivity index (χ1n) is 5.84. The highest BCUT2D eigenvalue weighted by Gasteiger charge is 2.18. The zero-order valence-electron chi connectivity index (χ0n) is 9.52. The molecule has 17 heavy (non-hydrogen) atoms. The van der Waals surface area contributed by atoms with Gasteiger partial charge in [0.15, 0.2) is 6.79 Å². The van der Waals surface area contributed by atoms with Crippen molar-refractivity contribution < 1.29 is 9.84 Å². The summed E-state index contributed by atoms with van der Waals surface area (Å²) in [6, 6.07) is 14.5. The summed E-state index contributed by atoms with van der Waals surface area (Å²) < 4.78 is 5.27. The Bertz CT molecular complexity index is 546. The fourth-order valence-corrected chi connectivity index (χ4v) is 2.54. The van der Waals surface area contributed by atoms with Gasteiger partial charge < -0.3 is 9.84 Å². The first-order valence-corrected chi connectivity index (χ1v) is 5.84. The van der Waals surface area contributed by atoms with Crippen LogP contribution in [-0.2, 0) is 12.8 Å². The molecule has 1 aliphatic carbocycles. The third-order valence-electron chi connectivity index (χ3n) is 3.30. The number of benzene rings is 2. The molecular formula is C15H14O2. The molecule has 0 amide bonds. The van der Waals surface area contributed by atoms with Gasteiger partial charge in [-0.15, -0.1) is 0 Å². The van der Waals surface area contributed by atoms with Crippen LogP contribution in [-0.4, -0.2) is 11.9 Å². The Morgan fingerprint density at radius 1 is 0.941 bits per heavy atom. The SMILES string of the molecule is OCOc1cccc2c1CCc1ccccc1-2. The molecule has 0 heterocycles. The third kappa shape index (κ3) is 1.71. The zero-order chi connectivity index (χ0) is 11.7. The first-order chi connectivity index (χ1) is 8.40. The van der Waals surface area contributed by atoms with Gasteiger partial charge >= 0.3 is 0 Å². The molecule has 1 N–H and O–H groups in total. The second kappa shape index (κ2) is 4.22. The van der Waals surface area contributed by atoms with Gasteiger partial charge in [-0.1, -0.05) is 36.4 Å². The quantitative estimate of drug-likeness (QED) is 0.798. The van der Waals surface area contributed by atoms with E-state index in [2.05, 4.69) is 30.3 Å². The Morgan fingerprint density at radius 3 is 2.65 bits per heavy atom. The van der Waals surface area contributed by atoms with Crippen LogP contribution >= 0.6 is 0 Å². The monoisotopic (exact) mass is 226 g/mol. The molecule has 0 atom stereocenters. The maximum atomic E-state index is 8.89. The number of rotatable bonds is 2. The molecule has 0 aliphatic heterocycles. The summed E-state index contributed by atoms with van der Waals surface area (Å²) in [4.78, 5) is 0. The van der Waals surface area contributed by atoms with Crippen LogP contribution in [0.4, 0.5) is 0 Å². The Morgan fingerprint density at radius 2 is 1.76 bits per heavy atom. The predicted molar refractivity (Wildman–Crippen MR) is 67.0 cm³/mol. The van der Waals surface area contributed by atoms with Crippen LogP contribution in [0.2, 0.25) is 0 Å². The van der Waals surface area contributed by atoms with Gasteiger partial charge in [0.25, 0.3) is 0 Å². The van der Waals surface area contributed by atoms with Gasteiger partial charge in [-0.25, -0.2) is 0 Å². The Balaban J connectivity index is 2.17. The summed E-state index contributed by atoms with van der Waals surface area (Å²) in [7, 11) is 0. The van der Waals surface area contributed by atoms with Gasteiger partial charge in [0.1, 0.15) is 5.75 Å². The summed E-state index contributed by atoms with van der Waals surface area (Å²) in [6.07, 6.45) is 2.01. The van der Waals surface area contributed by atoms with Gasteiger partial charge in [-0.2, -0.15) is 0 Å². The minimum atomic E-state index is -0.266. The standard InChI is InChI=1S/C15H14O2/c16-10-17-15-7-3-6-13-12-5-2-1-4-11(12)8-9-14(13)15/h1-7,16H,8-10H2. The van der Waals surface area contributed by atoms with Crippen molar-refractivity contribution in [2.45, 2.75) is 12.8 Å². The molecule has 3 rings (SSSR count). The number of aryl methyl sites for hydroxylation is 1. The van der Waals surface area contributed by atoms with Crippen molar-refractivity contribution in [1.29, 1.82) is 0 Å². The summed E-state index contributed by atoms with van der Waals surface area (Å²) in [5, 5.41) is 8.89. The van der Waals surface area contributed by atoms with Crippen molar-refractivity contribution in [3.05, 3.63) is 53.6 Å². The van der Waals surface area contributed by atoms with Crippen LogP contribution in [0.5, 0.6) is 5.75 Å². The molecule has 0 saturated heterocycles. The molecule has 0 saturated carbocycles. The molecule has 0 fully saturated rings. The van der Waals surface area contributed by atoms with Crippen LogP contribution < -0.4 is 4.74 Å². The average Bonchev–Trinajstić information content (AvgIpc) is 2.39. The molecule has 0 bridgehead atoms. The summed E-state index contributed by atoms with van der Waals surface area (Å²) in [6.45, 7) is -0.266. The largest absolute Gasteiger partial charge is 0.467 e. The lowest BCUT2D eigenvalue weighted by molar-refractivity contribution is 0.0976. The molecule has 1 aliphatic rings. The van der Waals surface area contributed by atoms with E-state index in [0.717, 1.165) is 18.6 Å². The van der Waals surface area contributed by atoms with Crippen molar-refractivity contribution >= 4 is 0 Å². The molecule has 0 unspecified atom stereocenters. The Labute approximate surface area is 100 Å². The highest BCUT2D eigenvalue weighted by atomic mass is 16.6. The van der Waals surface area contributed by atoms with E-state index in [0.29, 0.717) is 0 Å². The summed E-state index contributed by atoms with van der Waals surface area (Å²) in [5.74, 6) is 0.805. The summed E-state index contributed by atoms with van der Waals surface area (Å²) >= 11 is 0. The molecule has 0 spiro atoms. The predicted octanol–water partition coefficient (Wildman–Crippen LogP) is 2.78. The lowest BCUT2D eigenvalue weighted by atomic mass is 9.85. The second-order valence-electron chi connectivity index (χ2n) is 4.21. The van der Waals surface area contributed by atoms with Gasteiger partial charge in [0.05, 0.1) is 0 Å². The molecule has 86 valence electrons. The molecule has 0 aromatic heterocycles. The lowest BCUT2D eigenvalue weighted by Gasteiger charge is -2.21. The number of ether oxygens (including phenoxy) is 1. The first kappa shape index (κ1) is 10.4. The van der Waals surface area contributed by atoms with E-state index in [-0.39, 0.29) is 6.79 Å². The fraction of sp³-hybridized carbons (Fsp3) is 0.200. The number of aliphatic hydroxyl groups is 1. The van der Waals surface area contributed by atoms with E-state index >= 15 is 0 Å². The fourth-order valence-electron chi connectivity index (χ4n) is 2.54. The molecule has 2 aromatic rings. The minimum Gasteiger partial charge on any atom is -0.467 e. The van der Waals surface area contributed by atoms with Gasteiger partial charge in [-0.05, 0) is 35.6 Å². The Kier molecular flexibility index (Phi) is 2.57. The van der Waals surface area contributed by atoms with Crippen LogP contribution in [0.1, 0.15) is 11.1 Å². The number of aliphatic hydroxyl groups excluding tert-OH is 1. The lowest BCUT2D eigenvalue weighted by Crippen LogP contribution is -2.07. The minimum absolute atomic E-state index is 0.266. The topological polar surface area (TPSA) is 29.5 Å². The molecular weight excluding hydrogens is 212 g/mol. The van der Waals surface area contributed by atoms with Crippen molar-refractivity contribution in [1.82, 2.24) is 0 Å². The number of hydrogen-bond donors (Lipinski definition) is 1. The van der Waals surface area contributed by atoms with E-state index < -0.39 is 0 Å². The van der Waals surface area contributed by atoms with Crippen LogP contribution in [0, 0.1) is 0 Å². The highest BCUT2D eigenvalue weighted by Crippen LogP contribution is 2.37. The van der Waals surface area contributed by atoms with Crippen molar-refractivity contribution in [2.24, 2.45) is 0 Å². The van der Waals surface area contributed by atoms with Crippen LogP contribution in [0.3, 0.4) is 0 Å². The van der Waals surface area contributed by atoms with Crippen molar-refractivity contribution in [3.63, 3.8) is 0 Å². The highest BCUT2D eigenvalue weighted by molar-refractivity contribution is 5.75. The van der Waals surface area contributed by atoms with Gasteiger partial charge in [-0.3, -0.25) is 0 Å². The normalized spacial score (nSPS) is 12.8. The average molecular weight is 226 g/mol. The van der Waals surface area contributed by atoms with E-state index in [4.69, 9.17) is 9.84 Å². The maximum absolute atomic E-state index is 8.89. The van der Waals surface area contributed by atoms with E-state index in [1.165, 1.54) is 22.3 Å². The molecule has 2 heteroatoms. The summed E-state index contributed by atoms with van der Waals surface area (Å²) in [5.41, 5.74) is 5.12. The number of hydrogen-bond acceptors (Lipinski definition) is 2. The maximum Gasteiger partial charge on any atom is 0.186 e. The van der Waals surface area contributed by atoms with Crippen LogP contribution in [0.15, 0.2) is 42.5 Å². The molecule has 0 radical (unpaired) electrons. The zero-order valence-corrected chi connectivity index (χ0v) is 9.52. The second-order valence-corrected chi connectivity index (χ2v) is 4.21. The van der Waals surface area contributed by atoms with Gasteiger partial charge in [0.2, 0.25) is 0 Å². The molecule has 2 aromatic carbocycles. The van der Waals surface area contributed by atoms with Crippen molar-refractivity contribution in [3.8, 4) is 16.9 Å². The van der Waals surface area contributed by atoms with Crippen molar-refractivity contribution in [2.75, 3.05) is 6.79 Å². The van der Waals surface area contributed by atoms with E-state index in [9.17, 15) is 0 Å².